The highest BCUT2D eigenvalue weighted by atomic mass is 16.5. The summed E-state index contributed by atoms with van der Waals surface area (Å²) >= 11 is 0. The summed E-state index contributed by atoms with van der Waals surface area (Å²) in [6.07, 6.45) is 5.34. The Kier molecular flexibility index (Phi) is 6.30. The van der Waals surface area contributed by atoms with E-state index in [1.807, 2.05) is 6.08 Å². The highest BCUT2D eigenvalue weighted by Crippen LogP contribution is 2.25. The van der Waals surface area contributed by atoms with Gasteiger partial charge in [-0.1, -0.05) is 42.8 Å². The maximum atomic E-state index is 5.82. The van der Waals surface area contributed by atoms with E-state index in [-0.39, 0.29) is 5.60 Å². The predicted octanol–water partition coefficient (Wildman–Crippen LogP) is 5.25. The standard InChI is InChI=1S/C18H28O/c1-6-16(17-11-8-10-15(3)14-17)12-9-13-19-18(4,5)7-2/h7-8,10-11,14,16H,2,6,9,12-13H2,1,3-5H3. The molecule has 1 heteroatoms. The highest BCUT2D eigenvalue weighted by molar-refractivity contribution is 5.25. The van der Waals surface area contributed by atoms with Gasteiger partial charge in [-0.05, 0) is 51.5 Å². The SMILES string of the molecule is C=CC(C)(C)OCCCC(CC)c1cccc(C)c1. The van der Waals surface area contributed by atoms with Crippen molar-refractivity contribution in [2.24, 2.45) is 0 Å². The van der Waals surface area contributed by atoms with Gasteiger partial charge in [0.2, 0.25) is 0 Å². The van der Waals surface area contributed by atoms with Gasteiger partial charge in [0.1, 0.15) is 0 Å². The van der Waals surface area contributed by atoms with Crippen LogP contribution < -0.4 is 0 Å². The molecule has 1 aromatic carbocycles. The Bertz CT molecular complexity index is 392. The molecule has 0 bridgehead atoms. The second-order valence-corrected chi connectivity index (χ2v) is 5.82. The smallest absolute Gasteiger partial charge is 0.0803 e. The van der Waals surface area contributed by atoms with Crippen LogP contribution in [0.5, 0.6) is 0 Å². The minimum atomic E-state index is -0.203. The van der Waals surface area contributed by atoms with Crippen LogP contribution in [-0.2, 0) is 4.74 Å². The Labute approximate surface area is 118 Å². The summed E-state index contributed by atoms with van der Waals surface area (Å²) in [6, 6.07) is 8.87. The lowest BCUT2D eigenvalue weighted by Gasteiger charge is -2.22. The average Bonchev–Trinajstić information content (AvgIpc) is 2.39. The van der Waals surface area contributed by atoms with Crippen LogP contribution in [0.1, 0.15) is 57.1 Å². The summed E-state index contributed by atoms with van der Waals surface area (Å²) in [5, 5.41) is 0. The summed E-state index contributed by atoms with van der Waals surface area (Å²) in [7, 11) is 0. The van der Waals surface area contributed by atoms with E-state index in [1.165, 1.54) is 24.0 Å². The van der Waals surface area contributed by atoms with Gasteiger partial charge in [-0.2, -0.15) is 0 Å². The molecule has 1 atom stereocenters. The second kappa shape index (κ2) is 7.49. The molecule has 0 spiro atoms. The third-order valence-corrected chi connectivity index (χ3v) is 3.67. The number of aryl methyl sites for hydroxylation is 1. The minimum absolute atomic E-state index is 0.203. The van der Waals surface area contributed by atoms with Crippen LogP contribution in [0.4, 0.5) is 0 Å². The van der Waals surface area contributed by atoms with Crippen molar-refractivity contribution in [2.45, 2.75) is 58.5 Å². The molecule has 1 nitrogen and oxygen atoms in total. The molecule has 0 N–H and O–H groups in total. The van der Waals surface area contributed by atoms with Crippen molar-refractivity contribution in [3.63, 3.8) is 0 Å². The summed E-state index contributed by atoms with van der Waals surface area (Å²) in [6.45, 7) is 13.1. The lowest BCUT2D eigenvalue weighted by Crippen LogP contribution is -2.21. The Morgan fingerprint density at radius 3 is 2.68 bits per heavy atom. The lowest BCUT2D eigenvalue weighted by atomic mass is 9.91. The molecule has 0 aliphatic heterocycles. The van der Waals surface area contributed by atoms with E-state index in [9.17, 15) is 0 Å². The van der Waals surface area contributed by atoms with Crippen molar-refractivity contribution in [1.29, 1.82) is 0 Å². The summed E-state index contributed by atoms with van der Waals surface area (Å²) in [4.78, 5) is 0. The van der Waals surface area contributed by atoms with Gasteiger partial charge in [0.05, 0.1) is 5.60 Å². The van der Waals surface area contributed by atoms with Crippen LogP contribution >= 0.6 is 0 Å². The van der Waals surface area contributed by atoms with E-state index >= 15 is 0 Å². The molecule has 1 unspecified atom stereocenters. The van der Waals surface area contributed by atoms with E-state index in [4.69, 9.17) is 4.74 Å². The normalized spacial score (nSPS) is 13.3. The molecule has 0 saturated carbocycles. The quantitative estimate of drug-likeness (QED) is 0.458. The van der Waals surface area contributed by atoms with Gasteiger partial charge in [0, 0.05) is 6.61 Å². The molecule has 1 rings (SSSR count). The molecule has 106 valence electrons. The van der Waals surface area contributed by atoms with Crippen LogP contribution in [0.2, 0.25) is 0 Å². The van der Waals surface area contributed by atoms with E-state index in [2.05, 4.69) is 58.5 Å². The molecule has 0 fully saturated rings. The fourth-order valence-corrected chi connectivity index (χ4v) is 2.25. The van der Waals surface area contributed by atoms with Gasteiger partial charge in [0.25, 0.3) is 0 Å². The first-order valence-corrected chi connectivity index (χ1v) is 7.32. The van der Waals surface area contributed by atoms with E-state index in [1.54, 1.807) is 0 Å². The number of benzene rings is 1. The van der Waals surface area contributed by atoms with Crippen LogP contribution in [0.15, 0.2) is 36.9 Å². The number of hydrogen-bond donors (Lipinski definition) is 0. The Balaban J connectivity index is 2.44. The fraction of sp³-hybridized carbons (Fsp3) is 0.556. The first kappa shape index (κ1) is 16.0. The zero-order chi connectivity index (χ0) is 14.3. The summed E-state index contributed by atoms with van der Waals surface area (Å²) in [5.41, 5.74) is 2.61. The average molecular weight is 260 g/mol. The third-order valence-electron chi connectivity index (χ3n) is 3.67. The molecular formula is C18H28O. The van der Waals surface area contributed by atoms with Crippen molar-refractivity contribution >= 4 is 0 Å². The molecule has 19 heavy (non-hydrogen) atoms. The monoisotopic (exact) mass is 260 g/mol. The molecule has 0 saturated heterocycles. The van der Waals surface area contributed by atoms with E-state index in [0.29, 0.717) is 5.92 Å². The molecule has 0 heterocycles. The zero-order valence-corrected chi connectivity index (χ0v) is 12.9. The second-order valence-electron chi connectivity index (χ2n) is 5.82. The van der Waals surface area contributed by atoms with Crippen LogP contribution in [0, 0.1) is 6.92 Å². The zero-order valence-electron chi connectivity index (χ0n) is 12.9. The Hall–Kier alpha value is -1.08. The molecule has 0 radical (unpaired) electrons. The molecular weight excluding hydrogens is 232 g/mol. The van der Waals surface area contributed by atoms with Crippen molar-refractivity contribution in [2.75, 3.05) is 6.61 Å². The first-order chi connectivity index (χ1) is 8.98. The van der Waals surface area contributed by atoms with Gasteiger partial charge in [0.15, 0.2) is 0 Å². The fourth-order valence-electron chi connectivity index (χ4n) is 2.25. The van der Waals surface area contributed by atoms with Crippen molar-refractivity contribution in [3.8, 4) is 0 Å². The molecule has 0 aliphatic carbocycles. The van der Waals surface area contributed by atoms with Crippen molar-refractivity contribution in [3.05, 3.63) is 48.0 Å². The maximum absolute atomic E-state index is 5.82. The number of ether oxygens (including phenoxy) is 1. The molecule has 0 aromatic heterocycles. The molecule has 0 amide bonds. The number of hydrogen-bond acceptors (Lipinski definition) is 1. The van der Waals surface area contributed by atoms with Crippen molar-refractivity contribution < 1.29 is 4.74 Å². The van der Waals surface area contributed by atoms with Gasteiger partial charge in [-0.3, -0.25) is 0 Å². The lowest BCUT2D eigenvalue weighted by molar-refractivity contribution is 0.0172. The summed E-state index contributed by atoms with van der Waals surface area (Å²) in [5.74, 6) is 0.648. The third kappa shape index (κ3) is 5.61. The maximum Gasteiger partial charge on any atom is 0.0803 e. The summed E-state index contributed by atoms with van der Waals surface area (Å²) < 4.78 is 5.82. The van der Waals surface area contributed by atoms with Gasteiger partial charge in [-0.25, -0.2) is 0 Å². The van der Waals surface area contributed by atoms with Crippen molar-refractivity contribution in [1.82, 2.24) is 0 Å². The minimum Gasteiger partial charge on any atom is -0.372 e. The molecule has 1 aromatic rings. The van der Waals surface area contributed by atoms with Gasteiger partial charge in [-0.15, -0.1) is 6.58 Å². The van der Waals surface area contributed by atoms with Crippen LogP contribution in [-0.4, -0.2) is 12.2 Å². The Morgan fingerprint density at radius 2 is 2.11 bits per heavy atom. The largest absolute Gasteiger partial charge is 0.372 e. The van der Waals surface area contributed by atoms with Gasteiger partial charge >= 0.3 is 0 Å². The van der Waals surface area contributed by atoms with Crippen LogP contribution in [0.25, 0.3) is 0 Å². The highest BCUT2D eigenvalue weighted by Gasteiger charge is 2.14. The molecule has 0 aliphatic rings. The van der Waals surface area contributed by atoms with E-state index in [0.717, 1.165) is 13.0 Å². The number of rotatable bonds is 8. The topological polar surface area (TPSA) is 9.23 Å². The van der Waals surface area contributed by atoms with Crippen LogP contribution in [0.3, 0.4) is 0 Å². The predicted molar refractivity (Wildman–Crippen MR) is 83.7 cm³/mol. The first-order valence-electron chi connectivity index (χ1n) is 7.32. The van der Waals surface area contributed by atoms with Gasteiger partial charge < -0.3 is 4.74 Å². The Morgan fingerprint density at radius 1 is 1.37 bits per heavy atom. The van der Waals surface area contributed by atoms with E-state index < -0.39 is 0 Å².